The molecule has 0 aromatic carbocycles. The molecule has 462 valence electrons. The molecule has 80 heavy (non-hydrogen) atoms. The van der Waals surface area contributed by atoms with Crippen LogP contribution < -0.4 is 0 Å². The van der Waals surface area contributed by atoms with Crippen LogP contribution >= 0.6 is 0 Å². The van der Waals surface area contributed by atoms with Crippen molar-refractivity contribution in [2.75, 3.05) is 13.2 Å². The number of allylic oxidation sites excluding steroid dienone is 14. The first-order valence-corrected chi connectivity index (χ1v) is 34.6. The molecule has 0 N–H and O–H groups in total. The summed E-state index contributed by atoms with van der Waals surface area (Å²) in [5.74, 6) is -0.867. The van der Waals surface area contributed by atoms with E-state index in [9.17, 15) is 14.4 Å². The maximum Gasteiger partial charge on any atom is 0.306 e. The summed E-state index contributed by atoms with van der Waals surface area (Å²) in [6.45, 7) is 6.53. The van der Waals surface area contributed by atoms with Crippen molar-refractivity contribution >= 4 is 17.9 Å². The van der Waals surface area contributed by atoms with Crippen LogP contribution in [0.15, 0.2) is 85.1 Å². The highest BCUT2D eigenvalue weighted by Gasteiger charge is 2.19. The van der Waals surface area contributed by atoms with E-state index in [1.54, 1.807) is 0 Å². The van der Waals surface area contributed by atoms with Crippen LogP contribution in [0.2, 0.25) is 0 Å². The summed E-state index contributed by atoms with van der Waals surface area (Å²) in [5.41, 5.74) is 0. The van der Waals surface area contributed by atoms with Crippen LogP contribution in [0.3, 0.4) is 0 Å². The second-order valence-electron chi connectivity index (χ2n) is 23.1. The maximum atomic E-state index is 12.9. The monoisotopic (exact) mass is 1110 g/mol. The third-order valence-electron chi connectivity index (χ3n) is 15.1. The van der Waals surface area contributed by atoms with Crippen LogP contribution in [-0.2, 0) is 28.6 Å². The number of carbonyl (C=O) groups is 3. The Balaban J connectivity index is 4.13. The van der Waals surface area contributed by atoms with Gasteiger partial charge in [0.1, 0.15) is 13.2 Å². The molecule has 0 heterocycles. The quantitative estimate of drug-likeness (QED) is 0.0261. The lowest BCUT2D eigenvalue weighted by Gasteiger charge is -2.18. The van der Waals surface area contributed by atoms with Crippen molar-refractivity contribution in [3.05, 3.63) is 85.1 Å². The first-order chi connectivity index (χ1) is 39.5. The Kier molecular flexibility index (Phi) is 65.2. The third kappa shape index (κ3) is 65.4. The number of esters is 3. The standard InChI is InChI=1S/C74H130O6/c1-4-7-10-13-16-19-21-23-25-27-29-31-33-35-36-37-38-40-41-43-45-47-49-51-53-55-58-61-64-67-73(76)79-70-71(69-78-72(75)66-63-60-57-18-15-12-9-6-3)80-74(77)68-65-62-59-56-54-52-50-48-46-44-42-39-34-32-30-28-26-24-22-20-17-14-11-8-5-2/h7,10,16,19,23,25,28-31,35-36,38,40,71H,4-6,8-9,11-15,17-18,20-22,24,26-27,32-34,37,39,41-70H2,1-3H3/b10-7-,19-16-,25-23-,30-28-,31-29-,36-35-,40-38-. The summed E-state index contributed by atoms with van der Waals surface area (Å²) in [7, 11) is 0. The van der Waals surface area contributed by atoms with E-state index >= 15 is 0 Å². The molecule has 0 saturated heterocycles. The van der Waals surface area contributed by atoms with Crippen LogP contribution in [0, 0.1) is 0 Å². The minimum atomic E-state index is -0.776. The molecule has 0 aliphatic rings. The number of hydrogen-bond acceptors (Lipinski definition) is 6. The van der Waals surface area contributed by atoms with E-state index in [2.05, 4.69) is 106 Å². The van der Waals surface area contributed by atoms with Gasteiger partial charge in [-0.3, -0.25) is 14.4 Å². The van der Waals surface area contributed by atoms with Crippen molar-refractivity contribution in [2.24, 2.45) is 0 Å². The second-order valence-corrected chi connectivity index (χ2v) is 23.1. The Hall–Kier alpha value is -3.41. The Morgan fingerprint density at radius 1 is 0.263 bits per heavy atom. The summed E-state index contributed by atoms with van der Waals surface area (Å²) >= 11 is 0. The van der Waals surface area contributed by atoms with E-state index in [0.29, 0.717) is 19.3 Å². The van der Waals surface area contributed by atoms with Crippen molar-refractivity contribution in [1.82, 2.24) is 0 Å². The summed E-state index contributed by atoms with van der Waals surface area (Å²) in [6, 6.07) is 0. The van der Waals surface area contributed by atoms with Gasteiger partial charge in [0.05, 0.1) is 0 Å². The lowest BCUT2D eigenvalue weighted by Crippen LogP contribution is -2.30. The van der Waals surface area contributed by atoms with Gasteiger partial charge < -0.3 is 14.2 Å². The maximum absolute atomic E-state index is 12.9. The summed E-state index contributed by atoms with van der Waals surface area (Å²) in [4.78, 5) is 38.2. The molecule has 0 rings (SSSR count). The van der Waals surface area contributed by atoms with E-state index < -0.39 is 6.10 Å². The SMILES string of the molecule is CC/C=C\C/C=C\C/C=C\C/C=C\C/C=C\C/C=C\CCCCCCCCCCCCC(=O)OCC(COC(=O)CCCCCCCCCC)OC(=O)CCCCCCCCCCCCCCC/C=C\CCCCCCCCCC. The van der Waals surface area contributed by atoms with Crippen LogP contribution in [0.1, 0.15) is 348 Å². The molecule has 0 radical (unpaired) electrons. The summed E-state index contributed by atoms with van der Waals surface area (Å²) in [6.07, 6.45) is 90.5. The number of ether oxygens (including phenoxy) is 3. The Morgan fingerprint density at radius 3 is 0.775 bits per heavy atom. The van der Waals surface area contributed by atoms with Crippen molar-refractivity contribution in [1.29, 1.82) is 0 Å². The zero-order valence-corrected chi connectivity index (χ0v) is 53.1. The zero-order chi connectivity index (χ0) is 57.8. The van der Waals surface area contributed by atoms with Gasteiger partial charge in [-0.1, -0.05) is 318 Å². The summed E-state index contributed by atoms with van der Waals surface area (Å²) in [5, 5.41) is 0. The molecule has 0 aromatic rings. The molecule has 6 nitrogen and oxygen atoms in total. The molecule has 1 unspecified atom stereocenters. The van der Waals surface area contributed by atoms with E-state index in [0.717, 1.165) is 96.3 Å². The van der Waals surface area contributed by atoms with Crippen molar-refractivity contribution in [2.45, 2.75) is 354 Å². The van der Waals surface area contributed by atoms with Crippen molar-refractivity contribution < 1.29 is 28.6 Å². The fourth-order valence-electron chi connectivity index (χ4n) is 9.97. The highest BCUT2D eigenvalue weighted by Crippen LogP contribution is 2.17. The highest BCUT2D eigenvalue weighted by molar-refractivity contribution is 5.71. The lowest BCUT2D eigenvalue weighted by atomic mass is 10.0. The number of hydrogen-bond donors (Lipinski definition) is 0. The fourth-order valence-corrected chi connectivity index (χ4v) is 9.97. The van der Waals surface area contributed by atoms with E-state index in [-0.39, 0.29) is 31.1 Å². The third-order valence-corrected chi connectivity index (χ3v) is 15.1. The van der Waals surface area contributed by atoms with Gasteiger partial charge in [-0.2, -0.15) is 0 Å². The van der Waals surface area contributed by atoms with Gasteiger partial charge in [0, 0.05) is 19.3 Å². The number of rotatable bonds is 63. The smallest absolute Gasteiger partial charge is 0.306 e. The molecule has 0 saturated carbocycles. The highest BCUT2D eigenvalue weighted by atomic mass is 16.6. The Morgan fingerprint density at radius 2 is 0.487 bits per heavy atom. The average molecular weight is 1120 g/mol. The predicted octanol–water partition coefficient (Wildman–Crippen LogP) is 23.8. The zero-order valence-electron chi connectivity index (χ0n) is 53.1. The lowest BCUT2D eigenvalue weighted by molar-refractivity contribution is -0.167. The molecule has 0 amide bonds. The molecular weight excluding hydrogens is 985 g/mol. The normalized spacial score (nSPS) is 12.6. The number of unbranched alkanes of at least 4 members (excludes halogenated alkanes) is 38. The second kappa shape index (κ2) is 68.1. The molecule has 0 bridgehead atoms. The van der Waals surface area contributed by atoms with Gasteiger partial charge in [0.15, 0.2) is 6.10 Å². The summed E-state index contributed by atoms with van der Waals surface area (Å²) < 4.78 is 16.9. The first kappa shape index (κ1) is 76.6. The van der Waals surface area contributed by atoms with Crippen LogP contribution in [0.5, 0.6) is 0 Å². The van der Waals surface area contributed by atoms with E-state index in [1.807, 2.05) is 0 Å². The van der Waals surface area contributed by atoms with Gasteiger partial charge in [0.25, 0.3) is 0 Å². The molecule has 1 atom stereocenters. The van der Waals surface area contributed by atoms with Crippen LogP contribution in [-0.4, -0.2) is 37.2 Å². The molecule has 0 spiro atoms. The molecular formula is C74H130O6. The Labute approximate surface area is 496 Å². The van der Waals surface area contributed by atoms with Gasteiger partial charge in [-0.05, 0) is 96.3 Å². The van der Waals surface area contributed by atoms with E-state index in [1.165, 1.54) is 212 Å². The minimum Gasteiger partial charge on any atom is -0.462 e. The van der Waals surface area contributed by atoms with Crippen molar-refractivity contribution in [3.8, 4) is 0 Å². The average Bonchev–Trinajstić information content (AvgIpc) is 3.46. The number of carbonyl (C=O) groups excluding carboxylic acids is 3. The minimum absolute atomic E-state index is 0.0740. The molecule has 0 aliphatic heterocycles. The molecule has 6 heteroatoms. The topological polar surface area (TPSA) is 78.9 Å². The predicted molar refractivity (Wildman–Crippen MR) is 348 cm³/mol. The van der Waals surface area contributed by atoms with Crippen LogP contribution in [0.4, 0.5) is 0 Å². The van der Waals surface area contributed by atoms with Gasteiger partial charge in [-0.15, -0.1) is 0 Å². The van der Waals surface area contributed by atoms with Gasteiger partial charge in [-0.25, -0.2) is 0 Å². The Bertz CT molecular complexity index is 1520. The molecule has 0 aliphatic carbocycles. The molecule has 0 aromatic heterocycles. The molecule has 0 fully saturated rings. The first-order valence-electron chi connectivity index (χ1n) is 34.6. The van der Waals surface area contributed by atoms with Gasteiger partial charge in [0.2, 0.25) is 0 Å². The van der Waals surface area contributed by atoms with Crippen LogP contribution in [0.25, 0.3) is 0 Å². The van der Waals surface area contributed by atoms with E-state index in [4.69, 9.17) is 14.2 Å². The largest absolute Gasteiger partial charge is 0.462 e. The fraction of sp³-hybridized carbons (Fsp3) is 0.770. The van der Waals surface area contributed by atoms with Crippen molar-refractivity contribution in [3.63, 3.8) is 0 Å². The van der Waals surface area contributed by atoms with Gasteiger partial charge >= 0.3 is 17.9 Å².